The highest BCUT2D eigenvalue weighted by molar-refractivity contribution is 6.03. The van der Waals surface area contributed by atoms with Crippen molar-refractivity contribution in [1.82, 2.24) is 5.32 Å². The Bertz CT molecular complexity index is 1460. The monoisotopic (exact) mass is 699 g/mol. The fourth-order valence-corrected chi connectivity index (χ4v) is 9.23. The van der Waals surface area contributed by atoms with E-state index in [9.17, 15) is 29.4 Å². The number of phenols is 1. The predicted octanol–water partition coefficient (Wildman–Crippen LogP) is 3.60. The van der Waals surface area contributed by atoms with Crippen molar-refractivity contribution in [3.8, 4) is 11.5 Å². The molecule has 1 aromatic rings. The number of anilines is 1. The molecule has 0 spiro atoms. The first-order valence-electron chi connectivity index (χ1n) is 17.9. The van der Waals surface area contributed by atoms with Gasteiger partial charge in [-0.05, 0) is 86.7 Å². The van der Waals surface area contributed by atoms with Crippen LogP contribution in [0, 0.1) is 28.6 Å². The molecule has 0 saturated heterocycles. The van der Waals surface area contributed by atoms with Crippen LogP contribution in [0.25, 0.3) is 0 Å². The fourth-order valence-electron chi connectivity index (χ4n) is 9.23. The van der Waals surface area contributed by atoms with Crippen molar-refractivity contribution in [2.24, 2.45) is 34.3 Å². The molecule has 7 atom stereocenters. The Morgan fingerprint density at radius 1 is 0.960 bits per heavy atom. The Morgan fingerprint density at radius 2 is 1.72 bits per heavy atom. The summed E-state index contributed by atoms with van der Waals surface area (Å²) in [6.07, 6.45) is 9.81. The van der Waals surface area contributed by atoms with E-state index in [-0.39, 0.29) is 97.7 Å². The van der Waals surface area contributed by atoms with E-state index in [1.165, 1.54) is 24.8 Å². The van der Waals surface area contributed by atoms with Gasteiger partial charge in [-0.1, -0.05) is 25.5 Å². The third-order valence-electron chi connectivity index (χ3n) is 11.9. The number of esters is 1. The zero-order chi connectivity index (χ0) is 36.1. The van der Waals surface area contributed by atoms with Crippen LogP contribution in [0.15, 0.2) is 23.8 Å². The molecule has 6 N–H and O–H groups in total. The van der Waals surface area contributed by atoms with Crippen LogP contribution in [0.2, 0.25) is 0 Å². The van der Waals surface area contributed by atoms with Crippen LogP contribution in [0.1, 0.15) is 88.4 Å². The molecule has 3 fully saturated rings. The van der Waals surface area contributed by atoms with Crippen molar-refractivity contribution in [3.05, 3.63) is 29.3 Å². The van der Waals surface area contributed by atoms with Gasteiger partial charge in [-0.2, -0.15) is 0 Å². The first-order chi connectivity index (χ1) is 23.9. The minimum absolute atomic E-state index is 0.0232. The number of hydrogen-bond acceptors (Lipinski definition) is 10. The molecule has 0 radical (unpaired) electrons. The SMILES string of the molecule is COc1ccc(NC(=O)CCC(=O)NCCOCCOCC(=O)O[C@@H]2CCC3C4CC=C5C[C@H](O)CC[C@@]5(C)C4CC[C@]32C)c(O)c1C(N)=O. The summed E-state index contributed by atoms with van der Waals surface area (Å²) in [6.45, 7) is 5.48. The molecule has 13 nitrogen and oxygen atoms in total. The second-order valence-corrected chi connectivity index (χ2v) is 14.7. The Hall–Kier alpha value is -3.68. The van der Waals surface area contributed by atoms with Gasteiger partial charge in [0, 0.05) is 24.8 Å². The van der Waals surface area contributed by atoms with Gasteiger partial charge in [0.2, 0.25) is 11.8 Å². The molecule has 0 heterocycles. The number of hydrogen-bond donors (Lipinski definition) is 5. The number of benzene rings is 1. The number of carbonyl (C=O) groups is 4. The van der Waals surface area contributed by atoms with Gasteiger partial charge in [0.15, 0.2) is 5.75 Å². The van der Waals surface area contributed by atoms with E-state index in [0.717, 1.165) is 51.4 Å². The van der Waals surface area contributed by atoms with Gasteiger partial charge >= 0.3 is 5.97 Å². The first kappa shape index (κ1) is 37.6. The molecular formula is C37H53N3O10. The maximum Gasteiger partial charge on any atom is 0.332 e. The smallest absolute Gasteiger partial charge is 0.332 e. The van der Waals surface area contributed by atoms with Crippen molar-refractivity contribution in [1.29, 1.82) is 0 Å². The average Bonchev–Trinajstić information content (AvgIpc) is 3.41. The number of fused-ring (bicyclic) bond motifs is 5. The number of nitrogens with two attached hydrogens (primary N) is 1. The van der Waals surface area contributed by atoms with Gasteiger partial charge in [-0.15, -0.1) is 0 Å². The third-order valence-corrected chi connectivity index (χ3v) is 11.9. The second kappa shape index (κ2) is 16.1. The second-order valence-electron chi connectivity index (χ2n) is 14.7. The fraction of sp³-hybridized carbons (Fsp3) is 0.676. The van der Waals surface area contributed by atoms with E-state index >= 15 is 0 Å². The molecule has 3 amide bonds. The van der Waals surface area contributed by atoms with E-state index in [1.807, 2.05) is 0 Å². The van der Waals surface area contributed by atoms with Crippen molar-refractivity contribution in [2.75, 3.05) is 45.4 Å². The molecule has 4 aliphatic rings. The topological polar surface area (TPSA) is 196 Å². The van der Waals surface area contributed by atoms with E-state index in [2.05, 4.69) is 30.6 Å². The number of allylic oxidation sites excluding steroid dienone is 1. The highest BCUT2D eigenvalue weighted by atomic mass is 16.6. The molecule has 3 saturated carbocycles. The maximum absolute atomic E-state index is 12.7. The van der Waals surface area contributed by atoms with Crippen LogP contribution in [0.4, 0.5) is 5.69 Å². The summed E-state index contributed by atoms with van der Waals surface area (Å²) in [7, 11) is 1.32. The normalized spacial score (nSPS) is 29.8. The number of aliphatic hydroxyl groups excluding tert-OH is 1. The van der Waals surface area contributed by atoms with Crippen molar-refractivity contribution in [3.63, 3.8) is 0 Å². The lowest BCUT2D eigenvalue weighted by molar-refractivity contribution is -0.165. The number of primary amides is 1. The van der Waals surface area contributed by atoms with Crippen LogP contribution in [0.5, 0.6) is 11.5 Å². The first-order valence-corrected chi connectivity index (χ1v) is 17.9. The number of ether oxygens (including phenoxy) is 4. The largest absolute Gasteiger partial charge is 0.505 e. The molecule has 4 aliphatic carbocycles. The molecular weight excluding hydrogens is 646 g/mol. The van der Waals surface area contributed by atoms with Gasteiger partial charge in [-0.25, -0.2) is 4.79 Å². The Balaban J connectivity index is 0.932. The minimum atomic E-state index is -0.914. The van der Waals surface area contributed by atoms with Crippen molar-refractivity contribution in [2.45, 2.75) is 90.3 Å². The summed E-state index contributed by atoms with van der Waals surface area (Å²) in [4.78, 5) is 48.8. The van der Waals surface area contributed by atoms with E-state index in [0.29, 0.717) is 17.8 Å². The van der Waals surface area contributed by atoms with Gasteiger partial charge in [0.05, 0.1) is 38.7 Å². The van der Waals surface area contributed by atoms with Gasteiger partial charge in [-0.3, -0.25) is 14.4 Å². The zero-order valence-corrected chi connectivity index (χ0v) is 29.5. The summed E-state index contributed by atoms with van der Waals surface area (Å²) < 4.78 is 22.0. The van der Waals surface area contributed by atoms with Gasteiger partial charge in [0.1, 0.15) is 24.0 Å². The van der Waals surface area contributed by atoms with Crippen LogP contribution in [-0.4, -0.2) is 86.2 Å². The van der Waals surface area contributed by atoms with Crippen LogP contribution < -0.4 is 21.1 Å². The number of amides is 3. The number of carbonyl (C=O) groups excluding carboxylic acids is 4. The molecule has 0 bridgehead atoms. The summed E-state index contributed by atoms with van der Waals surface area (Å²) >= 11 is 0. The lowest BCUT2D eigenvalue weighted by Crippen LogP contribution is -2.51. The number of aliphatic hydroxyl groups is 1. The zero-order valence-electron chi connectivity index (χ0n) is 29.5. The van der Waals surface area contributed by atoms with Crippen molar-refractivity contribution >= 4 is 29.4 Å². The van der Waals surface area contributed by atoms with Crippen molar-refractivity contribution < 1.29 is 48.3 Å². The summed E-state index contributed by atoms with van der Waals surface area (Å²) in [6, 6.07) is 2.76. The molecule has 5 rings (SSSR count). The summed E-state index contributed by atoms with van der Waals surface area (Å²) in [5.74, 6) is -0.850. The predicted molar refractivity (Wildman–Crippen MR) is 183 cm³/mol. The number of rotatable bonds is 15. The van der Waals surface area contributed by atoms with E-state index in [1.54, 1.807) is 0 Å². The molecule has 1 aromatic carbocycles. The van der Waals surface area contributed by atoms with Gasteiger partial charge in [0.25, 0.3) is 5.91 Å². The molecule has 276 valence electrons. The van der Waals surface area contributed by atoms with Crippen LogP contribution in [0.3, 0.4) is 0 Å². The van der Waals surface area contributed by atoms with E-state index < -0.39 is 17.6 Å². The number of aromatic hydroxyl groups is 1. The molecule has 50 heavy (non-hydrogen) atoms. The summed E-state index contributed by atoms with van der Waals surface area (Å²) in [5, 5.41) is 25.7. The summed E-state index contributed by atoms with van der Waals surface area (Å²) in [5.41, 5.74) is 6.63. The Kier molecular flexibility index (Phi) is 12.1. The standard InChI is InChI=1S/C37H53N3O10/c1-36-14-12-23(41)20-22(36)4-5-24-25-6-9-29(37(25,2)15-13-26(24)36)50-32(44)21-49-19-18-48-17-16-39-30(42)10-11-31(43)40-27-7-8-28(47-3)33(34(27)45)35(38)46/h4,7-8,23-26,29,41,45H,5-6,9-21H2,1-3H3,(H2,38,46)(H,39,42)(H,40,43)/t23-,24?,25?,26?,29-,36-,37-/m1/s1. The number of nitrogens with one attached hydrogen (secondary N) is 2. The van der Waals surface area contributed by atoms with Crippen LogP contribution >= 0.6 is 0 Å². The quantitative estimate of drug-likeness (QED) is 0.0781. The third kappa shape index (κ3) is 8.10. The lowest BCUT2D eigenvalue weighted by Gasteiger charge is -2.57. The van der Waals surface area contributed by atoms with E-state index in [4.69, 9.17) is 24.7 Å². The molecule has 3 unspecified atom stereocenters. The Labute approximate surface area is 293 Å². The average molecular weight is 700 g/mol. The highest BCUT2D eigenvalue weighted by Gasteiger charge is 2.59. The van der Waals surface area contributed by atoms with Crippen LogP contribution in [-0.2, 0) is 28.6 Å². The number of methoxy groups -OCH3 is 1. The Morgan fingerprint density at radius 3 is 2.48 bits per heavy atom. The molecule has 0 aliphatic heterocycles. The minimum Gasteiger partial charge on any atom is -0.505 e. The molecule has 13 heteroatoms. The maximum atomic E-state index is 12.7. The lowest BCUT2D eigenvalue weighted by atomic mass is 9.48. The highest BCUT2D eigenvalue weighted by Crippen LogP contribution is 2.65. The van der Waals surface area contributed by atoms with Gasteiger partial charge < -0.3 is 45.5 Å². The molecule has 0 aromatic heterocycles.